The molecule has 160 valence electrons. The largest absolute Gasteiger partial charge is 0.416 e. The molecule has 11 heteroatoms. The molecule has 0 fully saturated rings. The summed E-state index contributed by atoms with van der Waals surface area (Å²) in [5.74, 6) is -1.87. The van der Waals surface area contributed by atoms with Gasteiger partial charge in [-0.15, -0.1) is 12.4 Å². The van der Waals surface area contributed by atoms with Crippen LogP contribution >= 0.6 is 12.4 Å². The van der Waals surface area contributed by atoms with E-state index in [-0.39, 0.29) is 42.9 Å². The van der Waals surface area contributed by atoms with Crippen LogP contribution in [-0.2, 0) is 25.2 Å². The molecule has 2 nitrogen and oxygen atoms in total. The van der Waals surface area contributed by atoms with Crippen molar-refractivity contribution >= 4 is 12.4 Å². The molecule has 29 heavy (non-hydrogen) atoms. The number of hydrogen-bond acceptors (Lipinski definition) is 2. The lowest BCUT2D eigenvalue weighted by Crippen LogP contribution is -2.08. The first kappa shape index (κ1) is 26.6. The maximum Gasteiger partial charge on any atom is 0.416 e. The number of nitrogens with two attached hydrogens (primary N) is 1. The second-order valence-electron chi connectivity index (χ2n) is 5.57. The molecular formula is C18H15ClF8N2. The molecule has 0 saturated heterocycles. The van der Waals surface area contributed by atoms with Crippen LogP contribution < -0.4 is 5.73 Å². The highest BCUT2D eigenvalue weighted by Crippen LogP contribution is 2.31. The van der Waals surface area contributed by atoms with Gasteiger partial charge < -0.3 is 5.73 Å². The van der Waals surface area contributed by atoms with Gasteiger partial charge in [-0.25, -0.2) is 8.78 Å². The van der Waals surface area contributed by atoms with Gasteiger partial charge in [0.1, 0.15) is 11.6 Å². The molecule has 0 saturated carbocycles. The normalized spacial score (nSPS) is 11.0. The maximum atomic E-state index is 12.7. The average Bonchev–Trinajstić information content (AvgIpc) is 2.53. The lowest BCUT2D eigenvalue weighted by molar-refractivity contribution is -0.138. The first-order valence-corrected chi connectivity index (χ1v) is 7.67. The summed E-state index contributed by atoms with van der Waals surface area (Å²) in [5.41, 5.74) is 3.42. The van der Waals surface area contributed by atoms with Crippen LogP contribution in [0.2, 0.25) is 0 Å². The molecular weight excluding hydrogens is 432 g/mol. The van der Waals surface area contributed by atoms with E-state index >= 15 is 0 Å². The quantitative estimate of drug-likeness (QED) is 0.617. The Morgan fingerprint density at radius 2 is 1.17 bits per heavy atom. The highest BCUT2D eigenvalue weighted by Gasteiger charge is 2.32. The van der Waals surface area contributed by atoms with Gasteiger partial charge in [0.15, 0.2) is 0 Å². The van der Waals surface area contributed by atoms with Gasteiger partial charge in [-0.2, -0.15) is 31.6 Å². The van der Waals surface area contributed by atoms with E-state index in [1.807, 2.05) is 0 Å². The molecule has 2 aromatic rings. The van der Waals surface area contributed by atoms with E-state index in [1.54, 1.807) is 6.07 Å². The van der Waals surface area contributed by atoms with Crippen LogP contribution in [-0.4, -0.2) is 6.54 Å². The molecule has 0 aliphatic carbocycles. The lowest BCUT2D eigenvalue weighted by atomic mass is 10.1. The first-order valence-electron chi connectivity index (χ1n) is 7.67. The van der Waals surface area contributed by atoms with Crippen molar-refractivity contribution in [3.05, 3.63) is 70.3 Å². The number of alkyl halides is 6. The maximum absolute atomic E-state index is 12.7. The minimum absolute atomic E-state index is 0. The zero-order valence-electron chi connectivity index (χ0n) is 14.5. The summed E-state index contributed by atoms with van der Waals surface area (Å²) in [6.45, 7) is 0.195. The van der Waals surface area contributed by atoms with Crippen LogP contribution in [0.3, 0.4) is 0 Å². The summed E-state index contributed by atoms with van der Waals surface area (Å²) in [5, 5.41) is 8.25. The standard InChI is InChI=1S/C9H9F4N.C9H5F4N.ClH/c2*10-8-4-6(1-2-14)3-7(5-8)9(11,12)13;/h3-5H,1-2,14H2;3-5H,1H2;1H. The molecule has 0 amide bonds. The Balaban J connectivity index is 0.000000523. The van der Waals surface area contributed by atoms with Gasteiger partial charge in [0.25, 0.3) is 0 Å². The molecule has 0 aliphatic rings. The molecule has 0 aromatic heterocycles. The van der Waals surface area contributed by atoms with Crippen molar-refractivity contribution in [2.45, 2.75) is 25.2 Å². The Labute approximate surface area is 167 Å². The average molecular weight is 447 g/mol. The zero-order chi connectivity index (χ0) is 21.5. The summed E-state index contributed by atoms with van der Waals surface area (Å²) in [6, 6.07) is 6.19. The van der Waals surface area contributed by atoms with Gasteiger partial charge >= 0.3 is 12.4 Å². The highest BCUT2D eigenvalue weighted by molar-refractivity contribution is 5.85. The SMILES string of the molecule is Cl.N#CCc1cc(F)cc(C(F)(F)F)c1.NCCc1cc(F)cc(C(F)(F)F)c1. The number of nitrogens with zero attached hydrogens (tertiary/aromatic N) is 1. The van der Waals surface area contributed by atoms with Crippen LogP contribution in [0.5, 0.6) is 0 Å². The molecule has 0 radical (unpaired) electrons. The molecule has 0 atom stereocenters. The Bertz CT molecular complexity index is 841. The van der Waals surface area contributed by atoms with Crippen molar-refractivity contribution in [1.29, 1.82) is 5.26 Å². The second kappa shape index (κ2) is 11.0. The number of rotatable bonds is 3. The molecule has 0 aliphatic heterocycles. The minimum atomic E-state index is -4.58. The molecule has 2 rings (SSSR count). The van der Waals surface area contributed by atoms with Crippen molar-refractivity contribution in [3.63, 3.8) is 0 Å². The summed E-state index contributed by atoms with van der Waals surface area (Å²) < 4.78 is 98.4. The van der Waals surface area contributed by atoms with Crippen molar-refractivity contribution in [3.8, 4) is 6.07 Å². The number of benzene rings is 2. The second-order valence-corrected chi connectivity index (χ2v) is 5.57. The predicted molar refractivity (Wildman–Crippen MR) is 92.1 cm³/mol. The summed E-state index contributed by atoms with van der Waals surface area (Å²) >= 11 is 0. The zero-order valence-corrected chi connectivity index (χ0v) is 15.4. The summed E-state index contributed by atoms with van der Waals surface area (Å²) in [7, 11) is 0. The van der Waals surface area contributed by atoms with Gasteiger partial charge in [-0.3, -0.25) is 0 Å². The molecule has 0 heterocycles. The van der Waals surface area contributed by atoms with Crippen molar-refractivity contribution < 1.29 is 35.1 Å². The smallest absolute Gasteiger partial charge is 0.330 e. The number of hydrogen-bond donors (Lipinski definition) is 1. The molecule has 0 bridgehead atoms. The van der Waals surface area contributed by atoms with Crippen LogP contribution in [0.25, 0.3) is 0 Å². The van der Waals surface area contributed by atoms with E-state index in [1.165, 1.54) is 0 Å². The molecule has 0 unspecified atom stereocenters. The van der Waals surface area contributed by atoms with E-state index in [0.717, 1.165) is 24.3 Å². The van der Waals surface area contributed by atoms with E-state index < -0.39 is 35.1 Å². The van der Waals surface area contributed by atoms with Crippen LogP contribution in [0.1, 0.15) is 22.3 Å². The van der Waals surface area contributed by atoms with E-state index in [2.05, 4.69) is 0 Å². The van der Waals surface area contributed by atoms with Gasteiger partial charge in [-0.1, -0.05) is 0 Å². The number of halogens is 9. The fourth-order valence-corrected chi connectivity index (χ4v) is 2.13. The van der Waals surface area contributed by atoms with Gasteiger partial charge in [0.05, 0.1) is 23.6 Å². The summed E-state index contributed by atoms with van der Waals surface area (Å²) in [6.07, 6.45) is -9.08. The monoisotopic (exact) mass is 446 g/mol. The first-order chi connectivity index (χ1) is 12.9. The van der Waals surface area contributed by atoms with Crippen molar-refractivity contribution in [2.75, 3.05) is 6.54 Å². The Kier molecular flexibility index (Phi) is 10.1. The summed E-state index contributed by atoms with van der Waals surface area (Å²) in [4.78, 5) is 0. The third kappa shape index (κ3) is 9.11. The van der Waals surface area contributed by atoms with E-state index in [4.69, 9.17) is 11.0 Å². The van der Waals surface area contributed by atoms with Crippen molar-refractivity contribution in [2.24, 2.45) is 5.73 Å². The topological polar surface area (TPSA) is 49.8 Å². The third-order valence-corrected chi connectivity index (χ3v) is 3.29. The Hall–Kier alpha value is -2.38. The molecule has 2 N–H and O–H groups in total. The van der Waals surface area contributed by atoms with Crippen LogP contribution in [0.15, 0.2) is 36.4 Å². The van der Waals surface area contributed by atoms with Gasteiger partial charge in [0.2, 0.25) is 0 Å². The van der Waals surface area contributed by atoms with Crippen LogP contribution in [0.4, 0.5) is 35.1 Å². The highest BCUT2D eigenvalue weighted by atomic mass is 35.5. The molecule has 2 aromatic carbocycles. The van der Waals surface area contributed by atoms with Crippen molar-refractivity contribution in [1.82, 2.24) is 0 Å². The van der Waals surface area contributed by atoms with Gasteiger partial charge in [-0.05, 0) is 60.5 Å². The third-order valence-electron chi connectivity index (χ3n) is 3.29. The fourth-order valence-electron chi connectivity index (χ4n) is 2.13. The van der Waals surface area contributed by atoms with Crippen LogP contribution in [0, 0.1) is 23.0 Å². The number of nitriles is 1. The fraction of sp³-hybridized carbons (Fsp3) is 0.278. The van der Waals surface area contributed by atoms with Gasteiger partial charge in [0, 0.05) is 0 Å². The Morgan fingerprint density at radius 3 is 1.55 bits per heavy atom. The minimum Gasteiger partial charge on any atom is -0.330 e. The Morgan fingerprint density at radius 1 is 0.759 bits per heavy atom. The predicted octanol–water partition coefficient (Wildman–Crippen LogP) is 5.68. The lowest BCUT2D eigenvalue weighted by Gasteiger charge is -2.08. The molecule has 0 spiro atoms. The van der Waals surface area contributed by atoms with E-state index in [0.29, 0.717) is 12.1 Å². The van der Waals surface area contributed by atoms with E-state index in [9.17, 15) is 35.1 Å².